The smallest absolute Gasteiger partial charge is 0.233 e. The standard InChI is InChI=1S/C25H24N4O2S/c1-18-6-4-9-20(14-18)24-26-27-25(29(24)16-22-10-5-13-31-22)32-17-23(30)28-12-11-19-7-2-3-8-21(19)15-28/h2-10,13-14H,11-12,15-17H2,1H3. The number of hydrogen-bond donors (Lipinski definition) is 0. The van der Waals surface area contributed by atoms with Gasteiger partial charge in [-0.05, 0) is 42.7 Å². The van der Waals surface area contributed by atoms with Crippen LogP contribution in [-0.2, 0) is 24.3 Å². The fourth-order valence-electron chi connectivity index (χ4n) is 4.02. The fraction of sp³-hybridized carbons (Fsp3) is 0.240. The van der Waals surface area contributed by atoms with Crippen LogP contribution in [0, 0.1) is 6.92 Å². The third-order valence-corrected chi connectivity index (χ3v) is 6.65. The molecule has 0 saturated heterocycles. The van der Waals surface area contributed by atoms with Crippen LogP contribution in [0.15, 0.2) is 76.5 Å². The van der Waals surface area contributed by atoms with Gasteiger partial charge in [-0.1, -0.05) is 59.8 Å². The first kappa shape index (κ1) is 20.6. The lowest BCUT2D eigenvalue weighted by Crippen LogP contribution is -2.37. The second-order valence-corrected chi connectivity index (χ2v) is 8.91. The van der Waals surface area contributed by atoms with Gasteiger partial charge in [0.15, 0.2) is 11.0 Å². The Morgan fingerprint density at radius 2 is 1.94 bits per heavy atom. The maximum atomic E-state index is 13.0. The minimum Gasteiger partial charge on any atom is -0.467 e. The summed E-state index contributed by atoms with van der Waals surface area (Å²) >= 11 is 1.43. The van der Waals surface area contributed by atoms with Gasteiger partial charge in [-0.25, -0.2) is 0 Å². The van der Waals surface area contributed by atoms with Crippen LogP contribution in [0.4, 0.5) is 0 Å². The van der Waals surface area contributed by atoms with Crippen molar-refractivity contribution in [2.24, 2.45) is 0 Å². The summed E-state index contributed by atoms with van der Waals surface area (Å²) < 4.78 is 7.59. The number of fused-ring (bicyclic) bond motifs is 1. The highest BCUT2D eigenvalue weighted by molar-refractivity contribution is 7.99. The monoisotopic (exact) mass is 444 g/mol. The Morgan fingerprint density at radius 1 is 1.06 bits per heavy atom. The van der Waals surface area contributed by atoms with E-state index in [0.717, 1.165) is 35.7 Å². The van der Waals surface area contributed by atoms with E-state index in [1.807, 2.05) is 39.8 Å². The van der Waals surface area contributed by atoms with Gasteiger partial charge >= 0.3 is 0 Å². The maximum Gasteiger partial charge on any atom is 0.233 e. The molecule has 4 aromatic rings. The van der Waals surface area contributed by atoms with Gasteiger partial charge in [0.2, 0.25) is 5.91 Å². The number of hydrogen-bond acceptors (Lipinski definition) is 5. The molecule has 162 valence electrons. The summed E-state index contributed by atoms with van der Waals surface area (Å²) in [5.41, 5.74) is 4.73. The Bertz CT molecular complexity index is 1230. The molecule has 1 aliphatic heterocycles. The number of carbonyl (C=O) groups is 1. The topological polar surface area (TPSA) is 64.2 Å². The maximum absolute atomic E-state index is 13.0. The van der Waals surface area contributed by atoms with Crippen molar-refractivity contribution < 1.29 is 9.21 Å². The largest absolute Gasteiger partial charge is 0.467 e. The molecule has 0 aliphatic carbocycles. The van der Waals surface area contributed by atoms with E-state index in [0.29, 0.717) is 24.0 Å². The molecular weight excluding hydrogens is 420 g/mol. The Hall–Kier alpha value is -3.32. The lowest BCUT2D eigenvalue weighted by atomic mass is 10.00. The molecule has 6 nitrogen and oxygen atoms in total. The molecule has 0 unspecified atom stereocenters. The summed E-state index contributed by atoms with van der Waals surface area (Å²) in [6.45, 7) is 3.99. The Labute approximate surface area is 191 Å². The van der Waals surface area contributed by atoms with Crippen molar-refractivity contribution in [2.75, 3.05) is 12.3 Å². The second kappa shape index (κ2) is 9.04. The third-order valence-electron chi connectivity index (χ3n) is 5.70. The molecule has 1 amide bonds. The van der Waals surface area contributed by atoms with Gasteiger partial charge in [0.1, 0.15) is 5.76 Å². The number of thioether (sulfide) groups is 1. The predicted octanol–water partition coefficient (Wildman–Crippen LogP) is 4.57. The number of amides is 1. The summed E-state index contributed by atoms with van der Waals surface area (Å²) in [6.07, 6.45) is 2.56. The number of furan rings is 1. The van der Waals surface area contributed by atoms with E-state index in [4.69, 9.17) is 4.42 Å². The van der Waals surface area contributed by atoms with Crippen LogP contribution in [-0.4, -0.2) is 37.9 Å². The molecule has 0 atom stereocenters. The lowest BCUT2D eigenvalue weighted by Gasteiger charge is -2.28. The number of nitrogens with zero attached hydrogens (tertiary/aromatic N) is 4. The highest BCUT2D eigenvalue weighted by Crippen LogP contribution is 2.27. The van der Waals surface area contributed by atoms with Gasteiger partial charge < -0.3 is 9.32 Å². The van der Waals surface area contributed by atoms with E-state index in [9.17, 15) is 4.79 Å². The first-order valence-electron chi connectivity index (χ1n) is 10.7. The van der Waals surface area contributed by atoms with E-state index in [1.165, 1.54) is 22.9 Å². The molecule has 0 spiro atoms. The minimum absolute atomic E-state index is 0.120. The molecule has 2 aromatic heterocycles. The van der Waals surface area contributed by atoms with Gasteiger partial charge in [-0.2, -0.15) is 0 Å². The zero-order valence-electron chi connectivity index (χ0n) is 17.9. The average molecular weight is 445 g/mol. The molecule has 5 rings (SSSR count). The Kier molecular flexibility index (Phi) is 5.81. The zero-order chi connectivity index (χ0) is 21.9. The number of carbonyl (C=O) groups excluding carboxylic acids is 1. The Balaban J connectivity index is 1.35. The van der Waals surface area contributed by atoms with E-state index in [-0.39, 0.29) is 5.91 Å². The normalized spacial score (nSPS) is 13.2. The summed E-state index contributed by atoms with van der Waals surface area (Å²) in [7, 11) is 0. The molecule has 0 N–H and O–H groups in total. The molecule has 2 aromatic carbocycles. The van der Waals surface area contributed by atoms with Crippen molar-refractivity contribution in [2.45, 2.75) is 31.6 Å². The van der Waals surface area contributed by atoms with Crippen molar-refractivity contribution in [3.63, 3.8) is 0 Å². The van der Waals surface area contributed by atoms with Crippen LogP contribution in [0.5, 0.6) is 0 Å². The molecule has 0 radical (unpaired) electrons. The lowest BCUT2D eigenvalue weighted by molar-refractivity contribution is -0.129. The van der Waals surface area contributed by atoms with Gasteiger partial charge in [-0.15, -0.1) is 10.2 Å². The third kappa shape index (κ3) is 4.34. The van der Waals surface area contributed by atoms with E-state index in [1.54, 1.807) is 6.26 Å². The number of benzene rings is 2. The van der Waals surface area contributed by atoms with Crippen molar-refractivity contribution in [1.29, 1.82) is 0 Å². The van der Waals surface area contributed by atoms with Crippen molar-refractivity contribution >= 4 is 17.7 Å². The van der Waals surface area contributed by atoms with Crippen LogP contribution in [0.1, 0.15) is 22.5 Å². The molecule has 0 bridgehead atoms. The first-order chi connectivity index (χ1) is 15.7. The molecule has 7 heteroatoms. The molecule has 32 heavy (non-hydrogen) atoms. The zero-order valence-corrected chi connectivity index (χ0v) is 18.7. The van der Waals surface area contributed by atoms with Crippen LogP contribution in [0.3, 0.4) is 0 Å². The quantitative estimate of drug-likeness (QED) is 0.408. The summed E-state index contributed by atoms with van der Waals surface area (Å²) in [5.74, 6) is 2.03. The summed E-state index contributed by atoms with van der Waals surface area (Å²) in [5, 5.41) is 9.58. The number of aromatic nitrogens is 3. The predicted molar refractivity (Wildman–Crippen MR) is 124 cm³/mol. The van der Waals surface area contributed by atoms with Gasteiger partial charge in [0, 0.05) is 18.7 Å². The SMILES string of the molecule is Cc1cccc(-c2nnc(SCC(=O)N3CCc4ccccc4C3)n2Cc2ccco2)c1. The van der Waals surface area contributed by atoms with Gasteiger partial charge in [0.05, 0.1) is 18.6 Å². The van der Waals surface area contributed by atoms with Crippen LogP contribution in [0.2, 0.25) is 0 Å². The Morgan fingerprint density at radius 3 is 2.75 bits per heavy atom. The van der Waals surface area contributed by atoms with E-state index < -0.39 is 0 Å². The minimum atomic E-state index is 0.120. The summed E-state index contributed by atoms with van der Waals surface area (Å²) in [6, 6.07) is 20.3. The van der Waals surface area contributed by atoms with Gasteiger partial charge in [-0.3, -0.25) is 9.36 Å². The molecule has 1 aliphatic rings. The number of aryl methyl sites for hydroxylation is 1. The van der Waals surface area contributed by atoms with Crippen molar-refractivity contribution in [1.82, 2.24) is 19.7 Å². The van der Waals surface area contributed by atoms with Crippen LogP contribution >= 0.6 is 11.8 Å². The van der Waals surface area contributed by atoms with E-state index in [2.05, 4.69) is 47.5 Å². The molecular formula is C25H24N4O2S. The number of rotatable bonds is 6. The van der Waals surface area contributed by atoms with Gasteiger partial charge in [0.25, 0.3) is 0 Å². The highest BCUT2D eigenvalue weighted by atomic mass is 32.2. The van der Waals surface area contributed by atoms with Crippen LogP contribution < -0.4 is 0 Å². The fourth-order valence-corrected chi connectivity index (χ4v) is 4.86. The van der Waals surface area contributed by atoms with Crippen molar-refractivity contribution in [3.8, 4) is 11.4 Å². The van der Waals surface area contributed by atoms with E-state index >= 15 is 0 Å². The molecule has 0 fully saturated rings. The van der Waals surface area contributed by atoms with Crippen LogP contribution in [0.25, 0.3) is 11.4 Å². The molecule has 0 saturated carbocycles. The van der Waals surface area contributed by atoms with Crippen molar-refractivity contribution in [3.05, 3.63) is 89.4 Å². The second-order valence-electron chi connectivity index (χ2n) is 7.96. The average Bonchev–Trinajstić information content (AvgIpc) is 3.47. The highest BCUT2D eigenvalue weighted by Gasteiger charge is 2.22. The molecule has 3 heterocycles. The summed E-state index contributed by atoms with van der Waals surface area (Å²) in [4.78, 5) is 14.9. The first-order valence-corrected chi connectivity index (χ1v) is 11.7.